The van der Waals surface area contributed by atoms with E-state index in [0.717, 1.165) is 38.1 Å². The zero-order valence-corrected chi connectivity index (χ0v) is 26.6. The van der Waals surface area contributed by atoms with Crippen molar-refractivity contribution in [2.45, 2.75) is 104 Å². The van der Waals surface area contributed by atoms with Crippen LogP contribution in [0.15, 0.2) is 24.3 Å². The van der Waals surface area contributed by atoms with Gasteiger partial charge in [0.05, 0.1) is 24.6 Å². The van der Waals surface area contributed by atoms with Crippen LogP contribution in [0.4, 0.5) is 0 Å². The minimum atomic E-state index is -1.20. The molecule has 240 valence electrons. The maximum absolute atomic E-state index is 13.8. The molecule has 0 radical (unpaired) electrons. The molecule has 0 saturated heterocycles. The van der Waals surface area contributed by atoms with E-state index in [-0.39, 0.29) is 48.9 Å². The number of carbonyl (C=O) groups excluding carboxylic acids is 4. The first-order valence-electron chi connectivity index (χ1n) is 15.8. The Hall–Kier alpha value is -3.96. The van der Waals surface area contributed by atoms with Gasteiger partial charge in [-0.1, -0.05) is 46.2 Å². The zero-order valence-electron chi connectivity index (χ0n) is 26.6. The summed E-state index contributed by atoms with van der Waals surface area (Å²) in [5.41, 5.74) is 0.237. The van der Waals surface area contributed by atoms with Crippen LogP contribution >= 0.6 is 0 Å². The number of carbonyl (C=O) groups is 4. The van der Waals surface area contributed by atoms with Gasteiger partial charge >= 0.3 is 0 Å². The van der Waals surface area contributed by atoms with Crippen molar-refractivity contribution in [2.24, 2.45) is 11.8 Å². The van der Waals surface area contributed by atoms with Crippen LogP contribution in [0.25, 0.3) is 0 Å². The molecule has 3 N–H and O–H groups in total. The molecule has 3 heterocycles. The van der Waals surface area contributed by atoms with E-state index in [1.54, 1.807) is 36.2 Å². The molecule has 0 unspecified atom stereocenters. The van der Waals surface area contributed by atoms with Crippen LogP contribution in [-0.2, 0) is 33.9 Å². The monoisotopic (exact) mass is 609 g/mol. The number of amides is 4. The van der Waals surface area contributed by atoms with E-state index in [2.05, 4.69) is 40.0 Å². The molecule has 0 aliphatic carbocycles. The van der Waals surface area contributed by atoms with Gasteiger partial charge in [0, 0.05) is 20.0 Å². The number of hydrogen-bond donors (Lipinski definition) is 3. The number of fused-ring (bicyclic) bond motifs is 2. The number of aromatic nitrogens is 3. The van der Waals surface area contributed by atoms with Crippen LogP contribution in [0, 0.1) is 11.8 Å². The molecule has 1 aromatic heterocycles. The van der Waals surface area contributed by atoms with Crippen molar-refractivity contribution in [2.75, 3.05) is 13.7 Å². The molecule has 4 amide bonds. The molecule has 2 aliphatic heterocycles. The Balaban J connectivity index is 1.61. The van der Waals surface area contributed by atoms with Gasteiger partial charge in [0.1, 0.15) is 30.3 Å². The van der Waals surface area contributed by atoms with Gasteiger partial charge in [-0.2, -0.15) is 0 Å². The molecule has 3 atom stereocenters. The molecular weight excluding hydrogens is 562 g/mol. The SMILES string of the molecule is CC(C)C[C@H]1COc2ccccc2C(=O)N[C@H](C(=O)NCc2nnc3n2CCCCC3)CC(=O)N[C@H](CC(C)C)C(=O)N1C. The Labute approximate surface area is 259 Å². The lowest BCUT2D eigenvalue weighted by molar-refractivity contribution is -0.138. The van der Waals surface area contributed by atoms with E-state index in [1.807, 2.05) is 18.4 Å². The molecule has 0 bridgehead atoms. The summed E-state index contributed by atoms with van der Waals surface area (Å²) in [6.45, 7) is 9.17. The van der Waals surface area contributed by atoms with Gasteiger partial charge in [-0.25, -0.2) is 0 Å². The van der Waals surface area contributed by atoms with Gasteiger partial charge in [0.25, 0.3) is 5.91 Å². The average molecular weight is 610 g/mol. The van der Waals surface area contributed by atoms with Crippen molar-refractivity contribution in [3.05, 3.63) is 41.5 Å². The molecule has 12 heteroatoms. The van der Waals surface area contributed by atoms with E-state index >= 15 is 0 Å². The molecule has 44 heavy (non-hydrogen) atoms. The van der Waals surface area contributed by atoms with E-state index < -0.39 is 29.8 Å². The van der Waals surface area contributed by atoms with Crippen molar-refractivity contribution in [1.82, 2.24) is 35.6 Å². The number of nitrogens with zero attached hydrogens (tertiary/aromatic N) is 4. The summed E-state index contributed by atoms with van der Waals surface area (Å²) < 4.78 is 8.20. The Morgan fingerprint density at radius 2 is 1.77 bits per heavy atom. The predicted octanol–water partition coefficient (Wildman–Crippen LogP) is 2.61. The maximum atomic E-state index is 13.8. The maximum Gasteiger partial charge on any atom is 0.255 e. The number of rotatable bonds is 7. The molecule has 0 fully saturated rings. The highest BCUT2D eigenvalue weighted by atomic mass is 16.5. The first kappa shape index (κ1) is 32.9. The van der Waals surface area contributed by atoms with Gasteiger partial charge in [0.15, 0.2) is 5.82 Å². The average Bonchev–Trinajstić information content (AvgIpc) is 3.20. The molecule has 4 rings (SSSR count). The van der Waals surface area contributed by atoms with E-state index in [1.165, 1.54) is 0 Å². The van der Waals surface area contributed by atoms with Crippen LogP contribution in [0.2, 0.25) is 0 Å². The number of likely N-dealkylation sites (N-methyl/N-ethyl adjacent to an activating group) is 1. The molecular formula is C32H47N7O5. The number of nitrogens with one attached hydrogen (secondary N) is 3. The quantitative estimate of drug-likeness (QED) is 0.437. The van der Waals surface area contributed by atoms with Gasteiger partial charge in [-0.3, -0.25) is 19.2 Å². The first-order chi connectivity index (χ1) is 21.0. The summed E-state index contributed by atoms with van der Waals surface area (Å²) in [5.74, 6) is 0.478. The second-order valence-electron chi connectivity index (χ2n) is 12.7. The standard InChI is InChI=1S/C32H47N7O5/c1-20(2)15-22-19-44-26-12-9-8-11-23(26)30(41)35-24(17-29(40)34-25(16-21(3)4)32(43)38(22)5)31(42)33-18-28-37-36-27-13-7-6-10-14-39(27)28/h8-9,11-12,20-22,24-25H,6-7,10,13-19H2,1-5H3,(H,33,42)(H,34,40)(H,35,41)/t22-,24-,25+/m0/s1. The molecule has 0 spiro atoms. The highest BCUT2D eigenvalue weighted by Crippen LogP contribution is 2.22. The summed E-state index contributed by atoms with van der Waals surface area (Å²) in [7, 11) is 1.73. The largest absolute Gasteiger partial charge is 0.491 e. The lowest BCUT2D eigenvalue weighted by atomic mass is 9.99. The van der Waals surface area contributed by atoms with Crippen LogP contribution in [0.3, 0.4) is 0 Å². The minimum absolute atomic E-state index is 0.107. The molecule has 12 nitrogen and oxygen atoms in total. The summed E-state index contributed by atoms with van der Waals surface area (Å²) in [6.07, 6.45) is 4.76. The fourth-order valence-electron chi connectivity index (χ4n) is 5.82. The fraction of sp³-hybridized carbons (Fsp3) is 0.625. The number of ether oxygens (including phenoxy) is 1. The first-order valence-corrected chi connectivity index (χ1v) is 15.8. The van der Waals surface area contributed by atoms with E-state index in [9.17, 15) is 19.2 Å². The van der Waals surface area contributed by atoms with Crippen molar-refractivity contribution in [3.63, 3.8) is 0 Å². The van der Waals surface area contributed by atoms with E-state index in [0.29, 0.717) is 24.4 Å². The third-order valence-electron chi connectivity index (χ3n) is 8.16. The molecule has 2 aliphatic rings. The van der Waals surface area contributed by atoms with Gasteiger partial charge in [-0.05, 0) is 49.7 Å². The Morgan fingerprint density at radius 1 is 1.02 bits per heavy atom. The highest BCUT2D eigenvalue weighted by molar-refractivity contribution is 6.01. The second kappa shape index (κ2) is 15.2. The van der Waals surface area contributed by atoms with Crippen LogP contribution in [-0.4, -0.2) is 75.1 Å². The Kier molecular flexibility index (Phi) is 11.4. The summed E-state index contributed by atoms with van der Waals surface area (Å²) >= 11 is 0. The number of hydrogen-bond acceptors (Lipinski definition) is 7. The smallest absolute Gasteiger partial charge is 0.255 e. The summed E-state index contributed by atoms with van der Waals surface area (Å²) in [6, 6.07) is 4.51. The second-order valence-corrected chi connectivity index (χ2v) is 12.7. The normalized spacial score (nSPS) is 21.8. The minimum Gasteiger partial charge on any atom is -0.491 e. The predicted molar refractivity (Wildman–Crippen MR) is 165 cm³/mol. The third kappa shape index (κ3) is 8.57. The van der Waals surface area contributed by atoms with Crippen molar-refractivity contribution < 1.29 is 23.9 Å². The van der Waals surface area contributed by atoms with Gasteiger partial charge < -0.3 is 30.2 Å². The van der Waals surface area contributed by atoms with Crippen LogP contribution in [0.1, 0.15) is 88.2 Å². The summed E-state index contributed by atoms with van der Waals surface area (Å²) in [4.78, 5) is 55.9. The number of aryl methyl sites for hydroxylation is 1. The Morgan fingerprint density at radius 3 is 2.52 bits per heavy atom. The Bertz CT molecular complexity index is 1320. The van der Waals surface area contributed by atoms with Crippen molar-refractivity contribution in [1.29, 1.82) is 0 Å². The zero-order chi connectivity index (χ0) is 31.8. The lowest BCUT2D eigenvalue weighted by Crippen LogP contribution is -2.54. The summed E-state index contributed by atoms with van der Waals surface area (Å²) in [5, 5.41) is 17.0. The molecule has 0 saturated carbocycles. The van der Waals surface area contributed by atoms with Crippen molar-refractivity contribution >= 4 is 23.6 Å². The van der Waals surface area contributed by atoms with Crippen molar-refractivity contribution in [3.8, 4) is 5.75 Å². The topological polar surface area (TPSA) is 148 Å². The van der Waals surface area contributed by atoms with Crippen LogP contribution in [0.5, 0.6) is 5.75 Å². The number of para-hydroxylation sites is 1. The third-order valence-corrected chi connectivity index (χ3v) is 8.16. The highest BCUT2D eigenvalue weighted by Gasteiger charge is 2.33. The van der Waals surface area contributed by atoms with Gasteiger partial charge in [0.2, 0.25) is 17.7 Å². The molecule has 1 aromatic carbocycles. The number of benzene rings is 1. The van der Waals surface area contributed by atoms with E-state index in [4.69, 9.17) is 4.74 Å². The molecule has 2 aromatic rings. The lowest BCUT2D eigenvalue weighted by Gasteiger charge is -2.33. The fourth-order valence-corrected chi connectivity index (χ4v) is 5.82. The van der Waals surface area contributed by atoms with Gasteiger partial charge in [-0.15, -0.1) is 10.2 Å². The van der Waals surface area contributed by atoms with Crippen LogP contribution < -0.4 is 20.7 Å².